The topological polar surface area (TPSA) is 106 Å². The molecule has 0 amide bonds. The van der Waals surface area contributed by atoms with E-state index in [-0.39, 0.29) is 21.6 Å². The molecule has 108 valence electrons. The minimum atomic E-state index is -1.12. The molecule has 0 atom stereocenters. The molecular formula is C11H12ClN3O4S. The van der Waals surface area contributed by atoms with Crippen LogP contribution in [0.1, 0.15) is 5.56 Å². The van der Waals surface area contributed by atoms with Gasteiger partial charge in [0.2, 0.25) is 0 Å². The molecule has 0 aliphatic heterocycles. The maximum absolute atomic E-state index is 10.5. The highest BCUT2D eigenvalue weighted by Crippen LogP contribution is 2.35. The lowest BCUT2D eigenvalue weighted by atomic mass is 10.2. The van der Waals surface area contributed by atoms with Crippen molar-refractivity contribution in [2.45, 2.75) is 0 Å². The van der Waals surface area contributed by atoms with Crippen LogP contribution in [-0.2, 0) is 4.79 Å². The number of hydrazone groups is 1. The molecule has 0 aliphatic rings. The van der Waals surface area contributed by atoms with E-state index in [9.17, 15) is 4.79 Å². The number of hydrogen-bond acceptors (Lipinski definition) is 5. The first-order chi connectivity index (χ1) is 9.43. The van der Waals surface area contributed by atoms with Crippen LogP contribution in [-0.4, -0.2) is 36.1 Å². The first-order valence-electron chi connectivity index (χ1n) is 5.24. The predicted molar refractivity (Wildman–Crippen MR) is 78.6 cm³/mol. The number of carbonyl (C=O) groups is 1. The van der Waals surface area contributed by atoms with Gasteiger partial charge in [-0.3, -0.25) is 5.43 Å². The second-order valence-electron chi connectivity index (χ2n) is 3.45. The summed E-state index contributed by atoms with van der Waals surface area (Å²) < 4.78 is 10.2. The molecule has 4 N–H and O–H groups in total. The Labute approximate surface area is 125 Å². The average molecular weight is 318 g/mol. The Bertz CT molecular complexity index is 551. The average Bonchev–Trinajstić information content (AvgIpc) is 2.36. The minimum Gasteiger partial charge on any atom is -0.493 e. The molecule has 0 heterocycles. The van der Waals surface area contributed by atoms with E-state index in [1.165, 1.54) is 19.4 Å². The quantitative estimate of drug-likeness (QED) is 0.408. The van der Waals surface area contributed by atoms with Crippen molar-refractivity contribution < 1.29 is 19.4 Å². The maximum Gasteiger partial charge on any atom is 0.341 e. The summed E-state index contributed by atoms with van der Waals surface area (Å²) in [5.74, 6) is -0.680. The number of thiocarbonyl (C=S) groups is 1. The molecular weight excluding hydrogens is 306 g/mol. The largest absolute Gasteiger partial charge is 0.493 e. The number of benzene rings is 1. The lowest BCUT2D eigenvalue weighted by Gasteiger charge is -2.11. The van der Waals surface area contributed by atoms with Crippen molar-refractivity contribution in [3.8, 4) is 11.5 Å². The summed E-state index contributed by atoms with van der Waals surface area (Å²) >= 11 is 10.6. The van der Waals surface area contributed by atoms with Crippen molar-refractivity contribution in [3.63, 3.8) is 0 Å². The molecule has 0 aliphatic carbocycles. The van der Waals surface area contributed by atoms with E-state index >= 15 is 0 Å². The Balaban J connectivity index is 2.97. The van der Waals surface area contributed by atoms with Crippen LogP contribution in [0.25, 0.3) is 0 Å². The van der Waals surface area contributed by atoms with Crippen LogP contribution < -0.4 is 20.6 Å². The van der Waals surface area contributed by atoms with Crippen LogP contribution in [0, 0.1) is 0 Å². The Kier molecular flexibility index (Phi) is 6.01. The highest BCUT2D eigenvalue weighted by molar-refractivity contribution is 7.80. The zero-order valence-electron chi connectivity index (χ0n) is 10.4. The standard InChI is InChI=1S/C11H12ClN3O4S/c1-18-8-3-6(4-14-15-11(13)20)2-7(12)10(8)19-5-9(16)17/h2-4H,5H2,1H3,(H,16,17)(H3,13,15,20)/b14-4-. The van der Waals surface area contributed by atoms with Crippen LogP contribution in [0.4, 0.5) is 0 Å². The van der Waals surface area contributed by atoms with Gasteiger partial charge in [-0.05, 0) is 29.9 Å². The number of halogens is 1. The maximum atomic E-state index is 10.5. The predicted octanol–water partition coefficient (Wildman–Crippen LogP) is 0.979. The van der Waals surface area contributed by atoms with Crippen LogP contribution >= 0.6 is 23.8 Å². The Morgan fingerprint density at radius 1 is 1.65 bits per heavy atom. The Hall–Kier alpha value is -2.06. The molecule has 7 nitrogen and oxygen atoms in total. The summed E-state index contributed by atoms with van der Waals surface area (Å²) in [6, 6.07) is 3.11. The van der Waals surface area contributed by atoms with Gasteiger partial charge in [-0.2, -0.15) is 5.10 Å². The zero-order chi connectivity index (χ0) is 15.1. The van der Waals surface area contributed by atoms with Gasteiger partial charge < -0.3 is 20.3 Å². The normalized spacial score (nSPS) is 10.3. The van der Waals surface area contributed by atoms with E-state index in [4.69, 9.17) is 31.9 Å². The van der Waals surface area contributed by atoms with Crippen molar-refractivity contribution in [3.05, 3.63) is 22.7 Å². The summed E-state index contributed by atoms with van der Waals surface area (Å²) in [5, 5.41) is 12.6. The first-order valence-corrected chi connectivity index (χ1v) is 6.03. The number of nitrogens with two attached hydrogens (primary N) is 1. The summed E-state index contributed by atoms with van der Waals surface area (Å²) in [4.78, 5) is 10.5. The fourth-order valence-electron chi connectivity index (χ4n) is 1.26. The lowest BCUT2D eigenvalue weighted by molar-refractivity contribution is -0.139. The number of nitrogens with one attached hydrogen (secondary N) is 1. The summed E-state index contributed by atoms with van der Waals surface area (Å²) in [6.45, 7) is -0.521. The molecule has 0 bridgehead atoms. The summed E-state index contributed by atoms with van der Waals surface area (Å²) in [6.07, 6.45) is 1.43. The van der Waals surface area contributed by atoms with Gasteiger partial charge in [0.1, 0.15) is 0 Å². The molecule has 0 saturated heterocycles. The second kappa shape index (κ2) is 7.51. The van der Waals surface area contributed by atoms with E-state index in [0.717, 1.165) is 0 Å². The number of hydrogen-bond donors (Lipinski definition) is 3. The number of carboxylic acids is 1. The number of nitrogens with zero attached hydrogens (tertiary/aromatic N) is 1. The van der Waals surface area contributed by atoms with E-state index in [0.29, 0.717) is 5.56 Å². The van der Waals surface area contributed by atoms with Gasteiger partial charge in [0, 0.05) is 0 Å². The number of aliphatic carboxylic acids is 1. The molecule has 0 aromatic heterocycles. The molecule has 20 heavy (non-hydrogen) atoms. The van der Waals surface area contributed by atoms with Crippen molar-refractivity contribution in [2.75, 3.05) is 13.7 Å². The van der Waals surface area contributed by atoms with E-state index in [1.54, 1.807) is 6.07 Å². The van der Waals surface area contributed by atoms with Crippen molar-refractivity contribution in [2.24, 2.45) is 10.8 Å². The van der Waals surface area contributed by atoms with Crippen LogP contribution in [0.15, 0.2) is 17.2 Å². The minimum absolute atomic E-state index is 0.0284. The molecule has 0 spiro atoms. The van der Waals surface area contributed by atoms with Crippen molar-refractivity contribution >= 4 is 41.1 Å². The van der Waals surface area contributed by atoms with Crippen LogP contribution in [0.5, 0.6) is 11.5 Å². The first kappa shape index (κ1) is 16.0. The number of methoxy groups -OCH3 is 1. The molecule has 1 rings (SSSR count). The molecule has 9 heteroatoms. The Morgan fingerprint density at radius 3 is 2.90 bits per heavy atom. The van der Waals surface area contributed by atoms with Crippen LogP contribution in [0.2, 0.25) is 5.02 Å². The third-order valence-corrected chi connectivity index (χ3v) is 2.35. The Morgan fingerprint density at radius 2 is 2.35 bits per heavy atom. The van der Waals surface area contributed by atoms with Gasteiger partial charge >= 0.3 is 5.97 Å². The molecule has 0 unspecified atom stereocenters. The molecule has 0 fully saturated rings. The van der Waals surface area contributed by atoms with E-state index < -0.39 is 12.6 Å². The van der Waals surface area contributed by atoms with E-state index in [2.05, 4.69) is 22.7 Å². The number of rotatable bonds is 6. The zero-order valence-corrected chi connectivity index (χ0v) is 12.0. The smallest absolute Gasteiger partial charge is 0.341 e. The summed E-state index contributed by atoms with van der Waals surface area (Å²) in [7, 11) is 1.41. The third-order valence-electron chi connectivity index (χ3n) is 1.98. The molecule has 1 aromatic rings. The van der Waals surface area contributed by atoms with Gasteiger partial charge in [0.25, 0.3) is 0 Å². The number of ether oxygens (including phenoxy) is 2. The third kappa shape index (κ3) is 4.90. The van der Waals surface area contributed by atoms with Gasteiger partial charge in [-0.25, -0.2) is 4.79 Å². The second-order valence-corrected chi connectivity index (χ2v) is 4.30. The number of carboxylic acid groups (broad SMARTS) is 1. The van der Waals surface area contributed by atoms with Crippen molar-refractivity contribution in [1.29, 1.82) is 0 Å². The van der Waals surface area contributed by atoms with Gasteiger partial charge in [-0.15, -0.1) is 0 Å². The van der Waals surface area contributed by atoms with Crippen molar-refractivity contribution in [1.82, 2.24) is 5.43 Å². The van der Waals surface area contributed by atoms with Gasteiger partial charge in [0.15, 0.2) is 23.2 Å². The highest BCUT2D eigenvalue weighted by atomic mass is 35.5. The van der Waals surface area contributed by atoms with Gasteiger partial charge in [0.05, 0.1) is 18.3 Å². The monoisotopic (exact) mass is 317 g/mol. The fraction of sp³-hybridized carbons (Fsp3) is 0.182. The van der Waals surface area contributed by atoms with Crippen LogP contribution in [0.3, 0.4) is 0 Å². The fourth-order valence-corrected chi connectivity index (χ4v) is 1.59. The molecule has 0 radical (unpaired) electrons. The van der Waals surface area contributed by atoms with Gasteiger partial charge in [-0.1, -0.05) is 11.6 Å². The van der Waals surface area contributed by atoms with E-state index in [1.807, 2.05) is 0 Å². The summed E-state index contributed by atoms with van der Waals surface area (Å²) in [5.41, 5.74) is 8.20. The lowest BCUT2D eigenvalue weighted by Crippen LogP contribution is -2.23. The molecule has 1 aromatic carbocycles. The SMILES string of the molecule is COc1cc(/C=N\NC(N)=S)cc(Cl)c1OCC(=O)O. The molecule has 0 saturated carbocycles. The highest BCUT2D eigenvalue weighted by Gasteiger charge is 2.12.